The third-order valence-corrected chi connectivity index (χ3v) is 22.8. The second-order valence-corrected chi connectivity index (χ2v) is 32.5. The smallest absolute Gasteiger partial charge is 0.429 e. The van der Waals surface area contributed by atoms with Crippen molar-refractivity contribution in [3.8, 4) is 0 Å². The number of anilines is 1. The summed E-state index contributed by atoms with van der Waals surface area (Å²) in [6.07, 6.45) is -1.21. The summed E-state index contributed by atoms with van der Waals surface area (Å²) in [5.74, 6) is -8.88. The number of imide groups is 2. The topological polar surface area (TPSA) is 417 Å². The van der Waals surface area contributed by atoms with Crippen molar-refractivity contribution >= 4 is 106 Å². The van der Waals surface area contributed by atoms with Gasteiger partial charge in [0.2, 0.25) is 53.2 Å². The predicted octanol–water partition coefficient (Wildman–Crippen LogP) is 5.70. The number of nitrogens with zero attached hydrogens (tertiary/aromatic N) is 5. The Balaban J connectivity index is 1.06. The number of thioether (sulfide) groups is 1. The van der Waals surface area contributed by atoms with Crippen molar-refractivity contribution in [3.63, 3.8) is 0 Å². The first-order chi connectivity index (χ1) is 53.3. The highest BCUT2D eigenvalue weighted by Crippen LogP contribution is 2.52. The largest absolute Gasteiger partial charge is 0.508 e. The summed E-state index contributed by atoms with van der Waals surface area (Å²) in [6.45, 7) is 17.5. The van der Waals surface area contributed by atoms with E-state index >= 15 is 4.79 Å². The van der Waals surface area contributed by atoms with Gasteiger partial charge in [-0.3, -0.25) is 67.3 Å². The van der Waals surface area contributed by atoms with Crippen LogP contribution in [-0.2, 0) is 87.9 Å². The Hall–Kier alpha value is -9.15. The Kier molecular flexibility index (Phi) is 35.6. The Morgan fingerprint density at radius 1 is 0.726 bits per heavy atom. The van der Waals surface area contributed by atoms with Gasteiger partial charge in [-0.25, -0.2) is 18.8 Å². The number of ether oxygens (including phenoxy) is 4. The number of hydrogen-bond acceptors (Lipinski definition) is 22. The highest BCUT2D eigenvalue weighted by Gasteiger charge is 2.50. The molecule has 2 unspecified atom stereocenters. The Labute approximate surface area is 665 Å². The zero-order valence-electron chi connectivity index (χ0n) is 67.8. The standard InChI is InChI=1S/C79H117FN12O20S/c1-16-47(8)68(89(13)76(105)66(45(4)5)87-74(103)67(46(6)7)88(11)12)57(108-14)38-62(96)91-41-54(37-56(91)70(109-15)48(9)71(100)83-49(10)69(99)51-25-27-52(80)28-26-51)111-78(107)110-42-50-23-29-53(30-24-50)84-72(101)55(21-20-35-82-77(81)106)85-73(102)65(44(2)3)86-59(93)22-18-17-19-36-90-63(97)39-58(75(90)104)113-43-79(33-34-79)40-64(98)112-92-60(94)31-32-61(92)95/h23-30,44-49,54-58,65-68,70H,16-22,31-43H2,1-15H3,(H,83,100)(H,84,101)(H,85,102)(H,86,93)(H,87,103)(H3,81,82,106)/t47-,48+,49-,54-,55-,56-,57+,58?,65-,66-,67-,68?,70+/m0/s1. The van der Waals surface area contributed by atoms with E-state index in [-0.39, 0.29) is 137 Å². The van der Waals surface area contributed by atoms with E-state index < -0.39 is 154 Å². The molecular weight excluding hydrogens is 1490 g/mol. The number of unbranched alkanes of at least 4 members (excludes halogenated alkanes) is 2. The molecule has 4 fully saturated rings. The van der Waals surface area contributed by atoms with Gasteiger partial charge in [-0.15, -0.1) is 16.8 Å². The van der Waals surface area contributed by atoms with Gasteiger partial charge in [0.1, 0.15) is 36.7 Å². The number of carbonyl (C=O) groups is 15. The molecule has 6 rings (SSSR count). The van der Waals surface area contributed by atoms with E-state index in [0.717, 1.165) is 12.1 Å². The van der Waals surface area contributed by atoms with E-state index in [1.54, 1.807) is 58.9 Å². The minimum Gasteiger partial charge on any atom is -0.429 e. The van der Waals surface area contributed by atoms with Gasteiger partial charge in [-0.1, -0.05) is 87.3 Å². The fraction of sp³-hybridized carbons (Fsp3) is 0.658. The minimum atomic E-state index is -1.19. The molecule has 4 aliphatic rings. The first-order valence-electron chi connectivity index (χ1n) is 38.9. The Morgan fingerprint density at radius 2 is 1.37 bits per heavy atom. The van der Waals surface area contributed by atoms with Gasteiger partial charge in [0.25, 0.3) is 11.8 Å². The highest BCUT2D eigenvalue weighted by molar-refractivity contribution is 8.00. The average molecular weight is 1610 g/mol. The number of carbonyl (C=O) groups excluding carboxylic acids is 15. The fourth-order valence-corrected chi connectivity index (χ4v) is 16.0. The molecule has 8 N–H and O–H groups in total. The van der Waals surface area contributed by atoms with Gasteiger partial charge in [0.05, 0.1) is 66.9 Å². The molecule has 1 aliphatic carbocycles. The van der Waals surface area contributed by atoms with Crippen molar-refractivity contribution in [2.24, 2.45) is 40.7 Å². The van der Waals surface area contributed by atoms with E-state index in [1.807, 2.05) is 41.5 Å². The van der Waals surface area contributed by atoms with Crippen molar-refractivity contribution < 1.29 is 100 Å². The normalized spacial score (nSPS) is 19.3. The molecule has 0 bridgehead atoms. The summed E-state index contributed by atoms with van der Waals surface area (Å²) in [4.78, 5) is 212. The number of amides is 13. The molecule has 34 heteroatoms. The molecule has 3 saturated heterocycles. The maximum atomic E-state index is 15.1. The quantitative estimate of drug-likeness (QED) is 0.0181. The zero-order valence-corrected chi connectivity index (χ0v) is 68.6. The second-order valence-electron chi connectivity index (χ2n) is 31.3. The number of likely N-dealkylation sites (tertiary alicyclic amines) is 2. The van der Waals surface area contributed by atoms with Crippen LogP contribution in [0.15, 0.2) is 48.5 Å². The zero-order chi connectivity index (χ0) is 83.9. The molecule has 113 heavy (non-hydrogen) atoms. The van der Waals surface area contributed by atoms with Crippen molar-refractivity contribution in [2.45, 2.75) is 238 Å². The average Bonchev–Trinajstić information content (AvgIpc) is 1.71. The summed E-state index contributed by atoms with van der Waals surface area (Å²) in [6, 6.07) is 3.81. The van der Waals surface area contributed by atoms with E-state index in [9.17, 15) is 71.5 Å². The number of primary amides is 1. The van der Waals surface area contributed by atoms with Crippen LogP contribution in [0.3, 0.4) is 0 Å². The molecule has 3 aliphatic heterocycles. The number of rotatable bonds is 45. The van der Waals surface area contributed by atoms with Crippen LogP contribution in [-0.4, -0.2) is 240 Å². The SMILES string of the molecule is CC[C@H](C)C([C@@H](CC(=O)N1C[C@@H](OC(=O)OCc2ccc(NC(=O)[C@H](CCCNC(N)=O)NC(=O)[C@@H](NC(=O)CCCCCN3C(=O)CC(SCC4(CC(=O)ON5C(=O)CCC5=O)CC4)C3=O)C(C)C)cc2)C[C@H]1[C@H](OC)[C@@H](C)C(=O)N[C@@H](C)C(=O)c1ccc(F)cc1)OC)N(C)C(=O)[C@@H](NC(=O)[C@H](C(C)C)N(C)C)C(C)C. The monoisotopic (exact) mass is 1600 g/mol. The lowest BCUT2D eigenvalue weighted by Gasteiger charge is -2.41. The van der Waals surface area contributed by atoms with Crippen LogP contribution in [0, 0.1) is 40.8 Å². The number of Topliss-reactive ketones (excluding diaryl/α,β-unsaturated/α-hetero) is 1. The first-order valence-corrected chi connectivity index (χ1v) is 40.0. The van der Waals surface area contributed by atoms with Gasteiger partial charge < -0.3 is 71.2 Å². The third-order valence-electron chi connectivity index (χ3n) is 21.3. The number of urea groups is 1. The number of benzene rings is 2. The summed E-state index contributed by atoms with van der Waals surface area (Å²) >= 11 is 1.29. The fourth-order valence-electron chi connectivity index (χ4n) is 14.5. The minimum absolute atomic E-state index is 0.00431. The summed E-state index contributed by atoms with van der Waals surface area (Å²) in [5.41, 5.74) is 5.71. The third kappa shape index (κ3) is 26.7. The number of methoxy groups -OCH3 is 2. The lowest BCUT2D eigenvalue weighted by molar-refractivity contribution is -0.198. The number of likely N-dealkylation sites (N-methyl/N-ethyl adjacent to an activating group) is 2. The van der Waals surface area contributed by atoms with Crippen molar-refractivity contribution in [1.29, 1.82) is 0 Å². The highest BCUT2D eigenvalue weighted by atomic mass is 32.2. The molecule has 3 heterocycles. The first kappa shape index (κ1) is 92.7. The molecule has 13 atom stereocenters. The molecule has 32 nitrogen and oxygen atoms in total. The number of hydrogen-bond donors (Lipinski definition) is 7. The molecule has 626 valence electrons. The lowest BCUT2D eigenvalue weighted by Crippen LogP contribution is -2.59. The van der Waals surface area contributed by atoms with E-state index in [2.05, 4.69) is 31.9 Å². The summed E-state index contributed by atoms with van der Waals surface area (Å²) in [5, 5.41) is 16.4. The summed E-state index contributed by atoms with van der Waals surface area (Å²) in [7, 11) is 7.99. The van der Waals surface area contributed by atoms with Gasteiger partial charge in [0.15, 0.2) is 5.78 Å². The number of nitrogens with one attached hydrogen (secondary N) is 6. The van der Waals surface area contributed by atoms with E-state index in [4.69, 9.17) is 29.5 Å². The van der Waals surface area contributed by atoms with Gasteiger partial charge >= 0.3 is 18.2 Å². The van der Waals surface area contributed by atoms with Crippen LogP contribution in [0.5, 0.6) is 0 Å². The van der Waals surface area contributed by atoms with Crippen LogP contribution < -0.4 is 37.6 Å². The number of ketones is 1. The number of nitrogens with two attached hydrogens (primary N) is 1. The molecule has 13 amide bonds. The van der Waals surface area contributed by atoms with Crippen LogP contribution in [0.25, 0.3) is 0 Å². The maximum Gasteiger partial charge on any atom is 0.508 e. The Morgan fingerprint density at radius 3 is 1.95 bits per heavy atom. The molecule has 0 aromatic heterocycles. The molecule has 0 spiro atoms. The maximum absolute atomic E-state index is 15.1. The van der Waals surface area contributed by atoms with E-state index in [1.165, 1.54) is 71.9 Å². The molecule has 1 saturated carbocycles. The van der Waals surface area contributed by atoms with Crippen molar-refractivity contribution in [2.75, 3.05) is 66.1 Å². The molecule has 2 aromatic carbocycles. The second kappa shape index (κ2) is 43.4. The van der Waals surface area contributed by atoms with Crippen molar-refractivity contribution in [1.82, 2.24) is 51.2 Å². The summed E-state index contributed by atoms with van der Waals surface area (Å²) < 4.78 is 37.4. The number of halogens is 1. The molecule has 2 aromatic rings. The van der Waals surface area contributed by atoms with Gasteiger partial charge in [0, 0.05) is 83.5 Å². The van der Waals surface area contributed by atoms with Crippen LogP contribution in [0.2, 0.25) is 0 Å². The van der Waals surface area contributed by atoms with Gasteiger partial charge in [-0.2, -0.15) is 0 Å². The Bertz CT molecular complexity index is 3670. The van der Waals surface area contributed by atoms with E-state index in [0.29, 0.717) is 54.9 Å². The molecular formula is C79H117FN12O20S. The van der Waals surface area contributed by atoms with Crippen LogP contribution >= 0.6 is 11.8 Å². The van der Waals surface area contributed by atoms with Crippen molar-refractivity contribution in [3.05, 3.63) is 65.5 Å². The van der Waals surface area contributed by atoms with Crippen LogP contribution in [0.1, 0.15) is 181 Å². The molecule has 0 radical (unpaired) electrons. The predicted molar refractivity (Wildman–Crippen MR) is 414 cm³/mol. The van der Waals surface area contributed by atoms with Crippen LogP contribution in [0.4, 0.5) is 19.7 Å². The lowest BCUT2D eigenvalue weighted by atomic mass is 9.89. The number of hydroxylamine groups is 2. The van der Waals surface area contributed by atoms with Gasteiger partial charge in [-0.05, 0) is 131 Å².